The normalized spacial score (nSPS) is 10.3. The van der Waals surface area contributed by atoms with Crippen LogP contribution in [0.1, 0.15) is 19.4 Å². The summed E-state index contributed by atoms with van der Waals surface area (Å²) in [7, 11) is 0. The number of benzene rings is 1. The highest BCUT2D eigenvalue weighted by molar-refractivity contribution is 5.91. The second kappa shape index (κ2) is 7.45. The van der Waals surface area contributed by atoms with Crippen molar-refractivity contribution < 1.29 is 9.53 Å². The molecule has 0 fully saturated rings. The van der Waals surface area contributed by atoms with Crippen LogP contribution in [0, 0.1) is 0 Å². The first-order chi connectivity index (χ1) is 10.7. The van der Waals surface area contributed by atoms with Crippen LogP contribution in [0.25, 0.3) is 0 Å². The number of carbonyl (C=O) groups is 1. The zero-order chi connectivity index (χ0) is 15.9. The predicted molar refractivity (Wildman–Crippen MR) is 86.3 cm³/mol. The minimum Gasteiger partial charge on any atom is -0.488 e. The zero-order valence-electron chi connectivity index (χ0n) is 12.8. The lowest BCUT2D eigenvalue weighted by atomic mass is 10.1. The van der Waals surface area contributed by atoms with Crippen molar-refractivity contribution in [2.75, 3.05) is 11.9 Å². The Labute approximate surface area is 129 Å². The molecule has 1 heterocycles. The van der Waals surface area contributed by atoms with Gasteiger partial charge < -0.3 is 14.6 Å². The number of amides is 1. The number of aromatic nitrogens is 1. The van der Waals surface area contributed by atoms with E-state index in [-0.39, 0.29) is 23.8 Å². The molecule has 0 aliphatic carbocycles. The lowest BCUT2D eigenvalue weighted by molar-refractivity contribution is -0.116. The molecule has 0 unspecified atom stereocenters. The van der Waals surface area contributed by atoms with Gasteiger partial charge in [-0.1, -0.05) is 25.1 Å². The topological polar surface area (TPSA) is 60.3 Å². The lowest BCUT2D eigenvalue weighted by Crippen LogP contribution is -2.28. The van der Waals surface area contributed by atoms with E-state index >= 15 is 0 Å². The minimum absolute atomic E-state index is 0.0439. The van der Waals surface area contributed by atoms with Gasteiger partial charge in [-0.15, -0.1) is 0 Å². The smallest absolute Gasteiger partial charge is 0.293 e. The van der Waals surface area contributed by atoms with Gasteiger partial charge in [-0.2, -0.15) is 0 Å². The summed E-state index contributed by atoms with van der Waals surface area (Å²) in [6.45, 7) is 4.21. The maximum Gasteiger partial charge on any atom is 0.293 e. The van der Waals surface area contributed by atoms with Crippen LogP contribution in [-0.4, -0.2) is 17.1 Å². The van der Waals surface area contributed by atoms with Gasteiger partial charge in [0.25, 0.3) is 5.56 Å². The largest absolute Gasteiger partial charge is 0.488 e. The Kier molecular flexibility index (Phi) is 5.36. The Hall–Kier alpha value is -2.56. The van der Waals surface area contributed by atoms with E-state index in [1.807, 2.05) is 38.1 Å². The molecule has 1 aromatic heterocycles. The molecule has 0 aliphatic heterocycles. The number of hydrogen-bond acceptors (Lipinski definition) is 3. The van der Waals surface area contributed by atoms with Gasteiger partial charge in [-0.3, -0.25) is 9.59 Å². The van der Waals surface area contributed by atoms with Gasteiger partial charge in [0.1, 0.15) is 6.54 Å². The first-order valence-corrected chi connectivity index (χ1v) is 7.35. The first-order valence-electron chi connectivity index (χ1n) is 7.35. The molecule has 0 spiro atoms. The Bertz CT molecular complexity index is 707. The summed E-state index contributed by atoms with van der Waals surface area (Å²) < 4.78 is 6.59. The molecule has 0 aliphatic rings. The fourth-order valence-electron chi connectivity index (χ4n) is 2.20. The fraction of sp³-hybridized carbons (Fsp3) is 0.294. The van der Waals surface area contributed by atoms with Crippen LogP contribution < -0.4 is 15.6 Å². The summed E-state index contributed by atoms with van der Waals surface area (Å²) in [5.74, 6) is 0.0170. The average Bonchev–Trinajstić information content (AvgIpc) is 2.52. The Balaban J connectivity index is 2.13. The van der Waals surface area contributed by atoms with Crippen molar-refractivity contribution in [1.82, 2.24) is 4.57 Å². The van der Waals surface area contributed by atoms with E-state index in [1.54, 1.807) is 18.3 Å². The maximum atomic E-state index is 12.2. The van der Waals surface area contributed by atoms with E-state index in [2.05, 4.69) is 5.32 Å². The summed E-state index contributed by atoms with van der Waals surface area (Å²) in [6, 6.07) is 10.9. The van der Waals surface area contributed by atoms with Gasteiger partial charge in [0.2, 0.25) is 5.91 Å². The molecule has 2 aromatic rings. The molecule has 1 amide bonds. The number of rotatable bonds is 6. The number of hydrogen-bond donors (Lipinski definition) is 1. The van der Waals surface area contributed by atoms with Crippen LogP contribution in [0.2, 0.25) is 0 Å². The van der Waals surface area contributed by atoms with Crippen LogP contribution in [0.3, 0.4) is 0 Å². The Morgan fingerprint density at radius 3 is 2.68 bits per heavy atom. The standard InChI is InChI=1S/C17H20N2O3/c1-3-13-8-5-6-9-14(13)18-16(20)12-19-11-7-10-15(17(19)21)22-4-2/h5-11H,3-4,12H2,1-2H3,(H,18,20). The highest BCUT2D eigenvalue weighted by Gasteiger charge is 2.09. The number of anilines is 1. The number of aryl methyl sites for hydroxylation is 1. The summed E-state index contributed by atoms with van der Waals surface area (Å²) in [6.07, 6.45) is 2.41. The third-order valence-corrected chi connectivity index (χ3v) is 3.27. The first kappa shape index (κ1) is 15.8. The van der Waals surface area contributed by atoms with Gasteiger partial charge in [0, 0.05) is 11.9 Å². The molecule has 2 rings (SSSR count). The minimum atomic E-state index is -0.303. The fourth-order valence-corrected chi connectivity index (χ4v) is 2.20. The van der Waals surface area contributed by atoms with E-state index in [0.717, 1.165) is 17.7 Å². The maximum absolute atomic E-state index is 12.2. The second-order valence-electron chi connectivity index (χ2n) is 4.80. The predicted octanol–water partition coefficient (Wildman–Crippen LogP) is 2.45. The molecule has 5 heteroatoms. The number of carbonyl (C=O) groups excluding carboxylic acids is 1. The van der Waals surface area contributed by atoms with E-state index in [9.17, 15) is 9.59 Å². The number of para-hydroxylation sites is 1. The highest BCUT2D eigenvalue weighted by atomic mass is 16.5. The van der Waals surface area contributed by atoms with Gasteiger partial charge in [0.15, 0.2) is 5.75 Å². The van der Waals surface area contributed by atoms with E-state index in [1.165, 1.54) is 4.57 Å². The van der Waals surface area contributed by atoms with Gasteiger partial charge in [-0.25, -0.2) is 0 Å². The van der Waals surface area contributed by atoms with Gasteiger partial charge in [0.05, 0.1) is 6.61 Å². The monoisotopic (exact) mass is 300 g/mol. The summed E-state index contributed by atoms with van der Waals surface area (Å²) in [4.78, 5) is 24.3. The van der Waals surface area contributed by atoms with E-state index in [0.29, 0.717) is 6.61 Å². The molecule has 22 heavy (non-hydrogen) atoms. The van der Waals surface area contributed by atoms with Crippen LogP contribution in [0.5, 0.6) is 5.75 Å². The van der Waals surface area contributed by atoms with Crippen LogP contribution in [-0.2, 0) is 17.8 Å². The average molecular weight is 300 g/mol. The molecule has 0 saturated heterocycles. The van der Waals surface area contributed by atoms with Gasteiger partial charge >= 0.3 is 0 Å². The zero-order valence-corrected chi connectivity index (χ0v) is 12.8. The molecular formula is C17H20N2O3. The molecule has 0 atom stereocenters. The van der Waals surface area contributed by atoms with Crippen molar-refractivity contribution in [1.29, 1.82) is 0 Å². The van der Waals surface area contributed by atoms with Gasteiger partial charge in [-0.05, 0) is 37.1 Å². The third-order valence-electron chi connectivity index (χ3n) is 3.27. The van der Waals surface area contributed by atoms with Crippen LogP contribution in [0.15, 0.2) is 47.4 Å². The van der Waals surface area contributed by atoms with Crippen molar-refractivity contribution in [3.8, 4) is 5.75 Å². The molecule has 5 nitrogen and oxygen atoms in total. The quantitative estimate of drug-likeness (QED) is 0.891. The molecule has 116 valence electrons. The van der Waals surface area contributed by atoms with Crippen molar-refractivity contribution >= 4 is 11.6 Å². The second-order valence-corrected chi connectivity index (χ2v) is 4.80. The number of nitrogens with one attached hydrogen (secondary N) is 1. The molecular weight excluding hydrogens is 280 g/mol. The number of nitrogens with zero attached hydrogens (tertiary/aromatic N) is 1. The summed E-state index contributed by atoms with van der Waals surface area (Å²) >= 11 is 0. The molecule has 0 bridgehead atoms. The van der Waals surface area contributed by atoms with Crippen LogP contribution >= 0.6 is 0 Å². The molecule has 0 radical (unpaired) electrons. The van der Waals surface area contributed by atoms with E-state index in [4.69, 9.17) is 4.74 Å². The van der Waals surface area contributed by atoms with Crippen LogP contribution in [0.4, 0.5) is 5.69 Å². The SMILES string of the molecule is CCOc1cccn(CC(=O)Nc2ccccc2CC)c1=O. The Morgan fingerprint density at radius 2 is 1.95 bits per heavy atom. The summed E-state index contributed by atoms with van der Waals surface area (Å²) in [5.41, 5.74) is 1.54. The number of pyridine rings is 1. The molecule has 0 saturated carbocycles. The third kappa shape index (κ3) is 3.75. The van der Waals surface area contributed by atoms with Crippen molar-refractivity contribution in [3.63, 3.8) is 0 Å². The van der Waals surface area contributed by atoms with Crippen molar-refractivity contribution in [3.05, 3.63) is 58.5 Å². The highest BCUT2D eigenvalue weighted by Crippen LogP contribution is 2.15. The molecule has 1 N–H and O–H groups in total. The molecule has 1 aromatic carbocycles. The van der Waals surface area contributed by atoms with Crippen molar-refractivity contribution in [2.24, 2.45) is 0 Å². The Morgan fingerprint density at radius 1 is 1.18 bits per heavy atom. The van der Waals surface area contributed by atoms with E-state index < -0.39 is 0 Å². The van der Waals surface area contributed by atoms with Crippen molar-refractivity contribution in [2.45, 2.75) is 26.8 Å². The lowest BCUT2D eigenvalue weighted by Gasteiger charge is -2.11. The number of ether oxygens (including phenoxy) is 1. The summed E-state index contributed by atoms with van der Waals surface area (Å²) in [5, 5.41) is 2.85.